The summed E-state index contributed by atoms with van der Waals surface area (Å²) in [5, 5.41) is 16.0. The predicted molar refractivity (Wildman–Crippen MR) is 96.7 cm³/mol. The molecule has 0 amide bonds. The maximum absolute atomic E-state index is 11.3. The fraction of sp³-hybridized carbons (Fsp3) is 0.278. The topological polar surface area (TPSA) is 87.2 Å². The van der Waals surface area contributed by atoms with Gasteiger partial charge in [0, 0.05) is 18.8 Å². The fourth-order valence-electron chi connectivity index (χ4n) is 3.02. The zero-order chi connectivity index (χ0) is 17.2. The van der Waals surface area contributed by atoms with Gasteiger partial charge in [-0.2, -0.15) is 5.26 Å². The van der Waals surface area contributed by atoms with Crippen LogP contribution in [0.4, 0.5) is 5.69 Å². The summed E-state index contributed by atoms with van der Waals surface area (Å²) in [6.45, 7) is 2.18. The van der Waals surface area contributed by atoms with Crippen molar-refractivity contribution in [2.45, 2.75) is 19.3 Å². The van der Waals surface area contributed by atoms with E-state index in [9.17, 15) is 8.42 Å². The standard InChI is InChI=1S/C18H19N3O2S/c19-13-18(24(20,22)23)11-14-4-5-16-12-17(7-6-15(16)10-14)21-8-2-1-3-9-21/h4-7,10-12H,1-3,8-9H2,(H2,20,22,23)/b18-11+. The average molecular weight is 341 g/mol. The number of nitriles is 1. The molecule has 0 unspecified atom stereocenters. The van der Waals surface area contributed by atoms with E-state index in [1.165, 1.54) is 31.0 Å². The van der Waals surface area contributed by atoms with Crippen molar-refractivity contribution in [1.82, 2.24) is 0 Å². The molecule has 5 nitrogen and oxygen atoms in total. The highest BCUT2D eigenvalue weighted by atomic mass is 32.2. The molecule has 0 atom stereocenters. The van der Waals surface area contributed by atoms with Gasteiger partial charge in [-0.15, -0.1) is 0 Å². The summed E-state index contributed by atoms with van der Waals surface area (Å²) in [7, 11) is -3.99. The first-order valence-electron chi connectivity index (χ1n) is 7.91. The number of benzene rings is 2. The molecular formula is C18H19N3O2S. The Labute approximate surface area is 142 Å². The molecule has 0 aromatic heterocycles. The number of nitrogens with zero attached hydrogens (tertiary/aromatic N) is 2. The van der Waals surface area contributed by atoms with Crippen molar-refractivity contribution < 1.29 is 8.42 Å². The van der Waals surface area contributed by atoms with E-state index in [1.54, 1.807) is 12.1 Å². The lowest BCUT2D eigenvalue weighted by Gasteiger charge is -2.29. The Morgan fingerprint density at radius 1 is 1.08 bits per heavy atom. The molecule has 0 bridgehead atoms. The van der Waals surface area contributed by atoms with E-state index in [0.717, 1.165) is 23.9 Å². The van der Waals surface area contributed by atoms with Gasteiger partial charge in [-0.1, -0.05) is 18.2 Å². The summed E-state index contributed by atoms with van der Waals surface area (Å²) >= 11 is 0. The minimum Gasteiger partial charge on any atom is -0.372 e. The molecule has 2 aromatic rings. The molecule has 0 saturated carbocycles. The minimum atomic E-state index is -3.99. The van der Waals surface area contributed by atoms with Crippen molar-refractivity contribution in [2.75, 3.05) is 18.0 Å². The zero-order valence-electron chi connectivity index (χ0n) is 13.3. The summed E-state index contributed by atoms with van der Waals surface area (Å²) in [6.07, 6.45) is 5.05. The van der Waals surface area contributed by atoms with Crippen molar-refractivity contribution in [3.05, 3.63) is 46.9 Å². The molecule has 1 fully saturated rings. The number of piperidine rings is 1. The zero-order valence-corrected chi connectivity index (χ0v) is 14.1. The van der Waals surface area contributed by atoms with Crippen molar-refractivity contribution in [3.8, 4) is 6.07 Å². The van der Waals surface area contributed by atoms with Gasteiger partial charge in [0.15, 0.2) is 4.91 Å². The van der Waals surface area contributed by atoms with Crippen LogP contribution in [0.25, 0.3) is 16.8 Å². The van der Waals surface area contributed by atoms with Crippen molar-refractivity contribution in [3.63, 3.8) is 0 Å². The van der Waals surface area contributed by atoms with Crippen LogP contribution in [0.5, 0.6) is 0 Å². The first-order chi connectivity index (χ1) is 11.5. The number of primary sulfonamides is 1. The van der Waals surface area contributed by atoms with E-state index in [2.05, 4.69) is 17.0 Å². The number of hydrogen-bond acceptors (Lipinski definition) is 4. The molecule has 1 heterocycles. The molecule has 2 aromatic carbocycles. The van der Waals surface area contributed by atoms with Crippen LogP contribution in [0.1, 0.15) is 24.8 Å². The van der Waals surface area contributed by atoms with Gasteiger partial charge in [0.05, 0.1) is 0 Å². The molecular weight excluding hydrogens is 322 g/mol. The van der Waals surface area contributed by atoms with Crippen LogP contribution >= 0.6 is 0 Å². The highest BCUT2D eigenvalue weighted by molar-refractivity contribution is 7.93. The normalized spacial score (nSPS) is 16.2. The Kier molecular flexibility index (Phi) is 4.56. The second-order valence-corrected chi connectivity index (χ2v) is 7.53. The van der Waals surface area contributed by atoms with Crippen LogP contribution in [0.15, 0.2) is 41.3 Å². The summed E-state index contributed by atoms with van der Waals surface area (Å²) in [4.78, 5) is 1.96. The number of rotatable bonds is 3. The third kappa shape index (κ3) is 3.58. The van der Waals surface area contributed by atoms with Crippen LogP contribution in [-0.4, -0.2) is 21.5 Å². The maximum atomic E-state index is 11.3. The molecule has 1 aliphatic rings. The number of allylic oxidation sites excluding steroid dienone is 1. The molecule has 1 saturated heterocycles. The highest BCUT2D eigenvalue weighted by Crippen LogP contribution is 2.26. The molecule has 3 rings (SSSR count). The van der Waals surface area contributed by atoms with Crippen LogP contribution in [0.2, 0.25) is 0 Å². The molecule has 2 N–H and O–H groups in total. The Morgan fingerprint density at radius 3 is 2.42 bits per heavy atom. The number of nitrogens with two attached hydrogens (primary N) is 1. The Hall–Kier alpha value is -2.36. The van der Waals surface area contributed by atoms with E-state index in [-0.39, 0.29) is 0 Å². The smallest absolute Gasteiger partial charge is 0.248 e. The number of hydrogen-bond donors (Lipinski definition) is 1. The quantitative estimate of drug-likeness (QED) is 0.869. The van der Waals surface area contributed by atoms with Crippen LogP contribution in [-0.2, 0) is 10.0 Å². The van der Waals surface area contributed by atoms with Gasteiger partial charge in [0.2, 0.25) is 10.0 Å². The van der Waals surface area contributed by atoms with Gasteiger partial charge in [-0.05, 0) is 59.9 Å². The SMILES string of the molecule is N#C/C(=C\c1ccc2cc(N3CCCCC3)ccc2c1)S(N)(=O)=O. The molecule has 6 heteroatoms. The monoisotopic (exact) mass is 341 g/mol. The highest BCUT2D eigenvalue weighted by Gasteiger charge is 2.12. The van der Waals surface area contributed by atoms with Gasteiger partial charge in [-0.3, -0.25) is 0 Å². The van der Waals surface area contributed by atoms with Crippen molar-refractivity contribution in [1.29, 1.82) is 5.26 Å². The lowest BCUT2D eigenvalue weighted by molar-refractivity contribution is 0.578. The Morgan fingerprint density at radius 2 is 1.75 bits per heavy atom. The average Bonchev–Trinajstić information content (AvgIpc) is 2.59. The molecule has 1 aliphatic heterocycles. The van der Waals surface area contributed by atoms with Gasteiger partial charge in [0.1, 0.15) is 6.07 Å². The van der Waals surface area contributed by atoms with Gasteiger partial charge in [0.25, 0.3) is 0 Å². The summed E-state index contributed by atoms with van der Waals surface area (Å²) in [5.74, 6) is 0. The predicted octanol–water partition coefficient (Wildman–Crippen LogP) is 2.98. The molecule has 124 valence electrons. The Bertz CT molecular complexity index is 936. The summed E-state index contributed by atoms with van der Waals surface area (Å²) in [5.41, 5.74) is 1.85. The minimum absolute atomic E-state index is 0.438. The second kappa shape index (κ2) is 6.63. The van der Waals surface area contributed by atoms with Crippen LogP contribution in [0.3, 0.4) is 0 Å². The van der Waals surface area contributed by atoms with E-state index in [4.69, 9.17) is 10.4 Å². The largest absolute Gasteiger partial charge is 0.372 e. The van der Waals surface area contributed by atoms with E-state index in [0.29, 0.717) is 5.56 Å². The molecule has 0 spiro atoms. The first kappa shape index (κ1) is 16.5. The lowest BCUT2D eigenvalue weighted by atomic mass is 10.0. The molecule has 0 radical (unpaired) electrons. The van der Waals surface area contributed by atoms with E-state index < -0.39 is 14.9 Å². The molecule has 0 aliphatic carbocycles. The number of anilines is 1. The van der Waals surface area contributed by atoms with Gasteiger partial charge >= 0.3 is 0 Å². The summed E-state index contributed by atoms with van der Waals surface area (Å²) < 4.78 is 22.7. The van der Waals surface area contributed by atoms with Crippen LogP contribution in [0, 0.1) is 11.3 Å². The van der Waals surface area contributed by atoms with Gasteiger partial charge < -0.3 is 4.90 Å². The number of sulfonamides is 1. The third-order valence-electron chi connectivity index (χ3n) is 4.28. The first-order valence-corrected chi connectivity index (χ1v) is 9.45. The summed E-state index contributed by atoms with van der Waals surface area (Å²) in [6, 6.07) is 13.5. The third-order valence-corrected chi connectivity index (χ3v) is 5.11. The maximum Gasteiger partial charge on any atom is 0.248 e. The Balaban J connectivity index is 1.95. The second-order valence-electron chi connectivity index (χ2n) is 6.00. The van der Waals surface area contributed by atoms with Gasteiger partial charge in [-0.25, -0.2) is 13.6 Å². The lowest BCUT2D eigenvalue weighted by Crippen LogP contribution is -2.29. The number of fused-ring (bicyclic) bond motifs is 1. The van der Waals surface area contributed by atoms with Crippen molar-refractivity contribution in [2.24, 2.45) is 5.14 Å². The fourth-order valence-corrected chi connectivity index (χ4v) is 3.45. The molecule has 24 heavy (non-hydrogen) atoms. The van der Waals surface area contributed by atoms with E-state index >= 15 is 0 Å². The van der Waals surface area contributed by atoms with Crippen LogP contribution < -0.4 is 10.0 Å². The van der Waals surface area contributed by atoms with Crippen molar-refractivity contribution >= 4 is 32.6 Å². The van der Waals surface area contributed by atoms with E-state index in [1.807, 2.05) is 18.2 Å².